The van der Waals surface area contributed by atoms with Crippen molar-refractivity contribution in [2.45, 2.75) is 26.0 Å². The molecule has 1 aliphatic rings. The Bertz CT molecular complexity index is 1010. The third kappa shape index (κ3) is 6.79. The standard InChI is InChI=1S/C19H31N3O7S2/c1-13-10-22(31(6,26)27)14(2)12-29-17-8-7-15(20-30(5,24)25)9-16(17)19(23)21(3)11-18(13)28-4/h7-9,13-14,18,20H,10-12H2,1-6H3/t13-,14-,18-/m0/s1. The minimum atomic E-state index is -3.54. The molecule has 10 nitrogen and oxygen atoms in total. The molecule has 1 aromatic carbocycles. The number of anilines is 1. The van der Waals surface area contributed by atoms with Gasteiger partial charge in [0.15, 0.2) is 0 Å². The zero-order chi connectivity index (χ0) is 23.6. The fraction of sp³-hybridized carbons (Fsp3) is 0.632. The molecule has 0 aromatic heterocycles. The van der Waals surface area contributed by atoms with Gasteiger partial charge in [0.25, 0.3) is 5.91 Å². The zero-order valence-electron chi connectivity index (χ0n) is 18.7. The molecule has 1 heterocycles. The molecular formula is C19H31N3O7S2. The molecule has 0 bridgehead atoms. The van der Waals surface area contributed by atoms with Gasteiger partial charge in [0, 0.05) is 32.9 Å². The SMILES string of the molecule is CO[C@H]1CN(C)C(=O)c2cc(NS(C)(=O)=O)ccc2OC[C@H](C)N(S(C)(=O)=O)C[C@@H]1C. The van der Waals surface area contributed by atoms with Crippen molar-refractivity contribution in [2.24, 2.45) is 5.92 Å². The van der Waals surface area contributed by atoms with Gasteiger partial charge < -0.3 is 14.4 Å². The largest absolute Gasteiger partial charge is 0.491 e. The molecule has 0 fully saturated rings. The number of amides is 1. The lowest BCUT2D eigenvalue weighted by molar-refractivity contribution is 0.0213. The first-order valence-electron chi connectivity index (χ1n) is 9.72. The first-order chi connectivity index (χ1) is 14.2. The Morgan fingerprint density at radius 3 is 2.32 bits per heavy atom. The van der Waals surface area contributed by atoms with Crippen LogP contribution in [0.25, 0.3) is 0 Å². The summed E-state index contributed by atoms with van der Waals surface area (Å²) >= 11 is 0. The minimum Gasteiger partial charge on any atom is -0.491 e. The second kappa shape index (κ2) is 9.72. The van der Waals surface area contributed by atoms with Crippen molar-refractivity contribution in [1.82, 2.24) is 9.21 Å². The van der Waals surface area contributed by atoms with Crippen molar-refractivity contribution < 1.29 is 31.1 Å². The van der Waals surface area contributed by atoms with Gasteiger partial charge in [-0.25, -0.2) is 16.8 Å². The average molecular weight is 478 g/mol. The summed E-state index contributed by atoms with van der Waals surface area (Å²) in [5, 5.41) is 0. The first-order valence-corrected chi connectivity index (χ1v) is 13.5. The Morgan fingerprint density at radius 2 is 1.77 bits per heavy atom. The van der Waals surface area contributed by atoms with Gasteiger partial charge in [0.1, 0.15) is 12.4 Å². The summed E-state index contributed by atoms with van der Waals surface area (Å²) in [6.45, 7) is 4.04. The van der Waals surface area contributed by atoms with Gasteiger partial charge in [-0.2, -0.15) is 4.31 Å². The lowest BCUT2D eigenvalue weighted by Gasteiger charge is -2.34. The van der Waals surface area contributed by atoms with Gasteiger partial charge in [-0.3, -0.25) is 9.52 Å². The monoisotopic (exact) mass is 477 g/mol. The maximum Gasteiger partial charge on any atom is 0.257 e. The van der Waals surface area contributed by atoms with E-state index in [2.05, 4.69) is 4.72 Å². The van der Waals surface area contributed by atoms with Gasteiger partial charge in [-0.05, 0) is 31.0 Å². The molecule has 0 unspecified atom stereocenters. The molecule has 1 aromatic rings. The van der Waals surface area contributed by atoms with Crippen molar-refractivity contribution in [1.29, 1.82) is 0 Å². The van der Waals surface area contributed by atoms with E-state index in [9.17, 15) is 21.6 Å². The van der Waals surface area contributed by atoms with Crippen LogP contribution in [-0.2, 0) is 24.8 Å². The van der Waals surface area contributed by atoms with E-state index in [1.165, 1.54) is 34.5 Å². The molecule has 176 valence electrons. The van der Waals surface area contributed by atoms with Crippen LogP contribution in [0.2, 0.25) is 0 Å². The first kappa shape index (κ1) is 25.4. The van der Waals surface area contributed by atoms with Crippen LogP contribution >= 0.6 is 0 Å². The Balaban J connectivity index is 2.52. The number of ether oxygens (including phenoxy) is 2. The number of methoxy groups -OCH3 is 1. The summed E-state index contributed by atoms with van der Waals surface area (Å²) in [5.41, 5.74) is 0.387. The second-order valence-corrected chi connectivity index (χ2v) is 11.7. The van der Waals surface area contributed by atoms with Crippen molar-refractivity contribution >= 4 is 31.6 Å². The number of carbonyl (C=O) groups is 1. The van der Waals surface area contributed by atoms with Crippen molar-refractivity contribution in [2.75, 3.05) is 51.1 Å². The van der Waals surface area contributed by atoms with Crippen LogP contribution < -0.4 is 9.46 Å². The number of nitrogens with one attached hydrogen (secondary N) is 1. The fourth-order valence-electron chi connectivity index (χ4n) is 3.48. The van der Waals surface area contributed by atoms with E-state index in [1.807, 2.05) is 6.92 Å². The summed E-state index contributed by atoms with van der Waals surface area (Å²) < 4.78 is 63.1. The molecule has 1 aliphatic heterocycles. The molecular weight excluding hydrogens is 446 g/mol. The Hall–Kier alpha value is -1.89. The van der Waals surface area contributed by atoms with E-state index in [1.54, 1.807) is 14.0 Å². The minimum absolute atomic E-state index is 0.0142. The Morgan fingerprint density at radius 1 is 1.13 bits per heavy atom. The van der Waals surface area contributed by atoms with Crippen molar-refractivity contribution in [3.05, 3.63) is 23.8 Å². The number of nitrogens with zero attached hydrogens (tertiary/aromatic N) is 2. The number of benzene rings is 1. The van der Waals surface area contributed by atoms with Crippen LogP contribution in [0.5, 0.6) is 5.75 Å². The van der Waals surface area contributed by atoms with E-state index >= 15 is 0 Å². The van der Waals surface area contributed by atoms with E-state index in [-0.39, 0.29) is 48.5 Å². The predicted molar refractivity (Wildman–Crippen MR) is 118 cm³/mol. The number of hydrogen-bond acceptors (Lipinski definition) is 7. The summed E-state index contributed by atoms with van der Waals surface area (Å²) in [7, 11) is -3.93. The van der Waals surface area contributed by atoms with Crippen molar-refractivity contribution in [3.63, 3.8) is 0 Å². The van der Waals surface area contributed by atoms with Gasteiger partial charge in [0.05, 0.1) is 30.2 Å². The maximum atomic E-state index is 13.2. The fourth-order valence-corrected chi connectivity index (χ4v) is 5.26. The second-order valence-electron chi connectivity index (χ2n) is 8.01. The third-order valence-electron chi connectivity index (χ3n) is 5.12. The zero-order valence-corrected chi connectivity index (χ0v) is 20.3. The summed E-state index contributed by atoms with van der Waals surface area (Å²) in [5.74, 6) is -0.331. The quantitative estimate of drug-likeness (QED) is 0.681. The Kier molecular flexibility index (Phi) is 7.95. The molecule has 1 N–H and O–H groups in total. The summed E-state index contributed by atoms with van der Waals surface area (Å²) in [6, 6.07) is 3.89. The summed E-state index contributed by atoms with van der Waals surface area (Å²) in [6.07, 6.45) is 1.76. The number of hydrogen-bond donors (Lipinski definition) is 1. The van der Waals surface area contributed by atoms with Crippen LogP contribution in [0.3, 0.4) is 0 Å². The molecule has 0 saturated heterocycles. The predicted octanol–water partition coefficient (Wildman–Crippen LogP) is 0.824. The lowest BCUT2D eigenvalue weighted by Crippen LogP contribution is -2.48. The van der Waals surface area contributed by atoms with E-state index in [4.69, 9.17) is 9.47 Å². The van der Waals surface area contributed by atoms with Crippen LogP contribution in [0.15, 0.2) is 18.2 Å². The van der Waals surface area contributed by atoms with Crippen LogP contribution in [0.1, 0.15) is 24.2 Å². The molecule has 0 radical (unpaired) electrons. The lowest BCUT2D eigenvalue weighted by atomic mass is 10.0. The van der Waals surface area contributed by atoms with E-state index in [0.717, 1.165) is 12.5 Å². The molecule has 0 aliphatic carbocycles. The highest BCUT2D eigenvalue weighted by molar-refractivity contribution is 7.92. The molecule has 0 saturated carbocycles. The van der Waals surface area contributed by atoms with E-state index in [0.29, 0.717) is 0 Å². The number of likely N-dealkylation sites (N-methyl/N-ethyl adjacent to an activating group) is 1. The van der Waals surface area contributed by atoms with E-state index < -0.39 is 32.2 Å². The molecule has 2 rings (SSSR count). The molecule has 12 heteroatoms. The molecule has 31 heavy (non-hydrogen) atoms. The number of sulfonamides is 2. The number of rotatable bonds is 4. The topological polar surface area (TPSA) is 122 Å². The molecule has 0 spiro atoms. The highest BCUT2D eigenvalue weighted by atomic mass is 32.2. The van der Waals surface area contributed by atoms with Crippen LogP contribution in [-0.4, -0.2) is 90.5 Å². The smallest absolute Gasteiger partial charge is 0.257 e. The molecule has 1 amide bonds. The Labute approximate surface area is 184 Å². The van der Waals surface area contributed by atoms with Gasteiger partial charge >= 0.3 is 0 Å². The van der Waals surface area contributed by atoms with Crippen LogP contribution in [0, 0.1) is 5.92 Å². The normalized spacial score (nSPS) is 24.5. The third-order valence-corrected chi connectivity index (χ3v) is 7.08. The van der Waals surface area contributed by atoms with Gasteiger partial charge in [-0.1, -0.05) is 6.92 Å². The highest BCUT2D eigenvalue weighted by Crippen LogP contribution is 2.27. The van der Waals surface area contributed by atoms with Crippen LogP contribution in [0.4, 0.5) is 5.69 Å². The number of fused-ring (bicyclic) bond motifs is 1. The van der Waals surface area contributed by atoms with Crippen molar-refractivity contribution in [3.8, 4) is 5.75 Å². The van der Waals surface area contributed by atoms with Gasteiger partial charge in [-0.15, -0.1) is 0 Å². The summed E-state index contributed by atoms with van der Waals surface area (Å²) in [4.78, 5) is 14.6. The molecule has 3 atom stereocenters. The maximum absolute atomic E-state index is 13.2. The average Bonchev–Trinajstić information content (AvgIpc) is 2.65. The highest BCUT2D eigenvalue weighted by Gasteiger charge is 2.32. The number of carbonyl (C=O) groups excluding carboxylic acids is 1. The van der Waals surface area contributed by atoms with Gasteiger partial charge in [0.2, 0.25) is 20.0 Å².